The molecule has 0 aliphatic carbocycles. The van der Waals surface area contributed by atoms with Crippen LogP contribution in [0.15, 0.2) is 27.5 Å². The Morgan fingerprint density at radius 1 is 1.32 bits per heavy atom. The second-order valence-electron chi connectivity index (χ2n) is 7.35. The standard InChI is InChI=1S/C18H22BrN3O3/c1-18(2,3)25-17(24)22-8-6-11(7-9-22)15-20-14-5-4-12(19)10-13(14)16(23)21-15/h4-5,10-11H,6-9H2,1-3H3,(H,20,21,23). The molecule has 0 radical (unpaired) electrons. The fourth-order valence-corrected chi connectivity index (χ4v) is 3.35. The van der Waals surface area contributed by atoms with E-state index in [4.69, 9.17) is 4.74 Å². The highest BCUT2D eigenvalue weighted by Crippen LogP contribution is 2.27. The minimum atomic E-state index is -0.493. The van der Waals surface area contributed by atoms with Crippen molar-refractivity contribution in [2.75, 3.05) is 13.1 Å². The van der Waals surface area contributed by atoms with Gasteiger partial charge in [0.2, 0.25) is 0 Å². The maximum atomic E-state index is 12.3. The maximum Gasteiger partial charge on any atom is 0.410 e. The Morgan fingerprint density at radius 3 is 2.64 bits per heavy atom. The second kappa shape index (κ2) is 6.78. The van der Waals surface area contributed by atoms with Gasteiger partial charge in [0.15, 0.2) is 0 Å². The Kier molecular flexibility index (Phi) is 4.86. The molecule has 2 aromatic rings. The van der Waals surface area contributed by atoms with Crippen LogP contribution < -0.4 is 5.56 Å². The number of ether oxygens (including phenoxy) is 1. The number of nitrogens with one attached hydrogen (secondary N) is 1. The molecule has 1 aromatic heterocycles. The summed E-state index contributed by atoms with van der Waals surface area (Å²) in [6.07, 6.45) is 1.23. The minimum Gasteiger partial charge on any atom is -0.444 e. The zero-order chi connectivity index (χ0) is 18.2. The summed E-state index contributed by atoms with van der Waals surface area (Å²) in [6, 6.07) is 5.49. The SMILES string of the molecule is CC(C)(C)OC(=O)N1CCC(c2nc3ccc(Br)cc3c(=O)[nH]2)CC1. The molecule has 0 saturated carbocycles. The van der Waals surface area contributed by atoms with Crippen LogP contribution in [0.3, 0.4) is 0 Å². The number of likely N-dealkylation sites (tertiary alicyclic amines) is 1. The molecule has 1 aliphatic rings. The summed E-state index contributed by atoms with van der Waals surface area (Å²) in [5.74, 6) is 0.836. The highest BCUT2D eigenvalue weighted by molar-refractivity contribution is 9.10. The molecule has 25 heavy (non-hydrogen) atoms. The number of fused-ring (bicyclic) bond motifs is 1. The Balaban J connectivity index is 1.73. The van der Waals surface area contributed by atoms with E-state index in [9.17, 15) is 9.59 Å². The van der Waals surface area contributed by atoms with Gasteiger partial charge in [0.1, 0.15) is 11.4 Å². The molecular formula is C18H22BrN3O3. The lowest BCUT2D eigenvalue weighted by atomic mass is 9.96. The van der Waals surface area contributed by atoms with Gasteiger partial charge >= 0.3 is 6.09 Å². The van der Waals surface area contributed by atoms with Crippen molar-refractivity contribution in [3.05, 3.63) is 38.9 Å². The molecule has 0 unspecified atom stereocenters. The van der Waals surface area contributed by atoms with Crippen molar-refractivity contribution in [3.63, 3.8) is 0 Å². The summed E-state index contributed by atoms with van der Waals surface area (Å²) >= 11 is 3.37. The second-order valence-corrected chi connectivity index (χ2v) is 8.27. The van der Waals surface area contributed by atoms with Crippen LogP contribution in [0.25, 0.3) is 10.9 Å². The molecule has 6 nitrogen and oxygen atoms in total. The highest BCUT2D eigenvalue weighted by Gasteiger charge is 2.28. The van der Waals surface area contributed by atoms with Crippen molar-refractivity contribution in [2.45, 2.75) is 45.1 Å². The van der Waals surface area contributed by atoms with E-state index in [-0.39, 0.29) is 17.6 Å². The molecule has 1 aliphatic heterocycles. The van der Waals surface area contributed by atoms with Crippen molar-refractivity contribution in [1.29, 1.82) is 0 Å². The van der Waals surface area contributed by atoms with Gasteiger partial charge in [-0.05, 0) is 51.8 Å². The Hall–Kier alpha value is -1.89. The van der Waals surface area contributed by atoms with Crippen LogP contribution >= 0.6 is 15.9 Å². The van der Waals surface area contributed by atoms with Crippen LogP contribution in [0.5, 0.6) is 0 Å². The Bertz CT molecular complexity index is 849. The number of halogens is 1. The molecule has 1 amide bonds. The van der Waals surface area contributed by atoms with Crippen molar-refractivity contribution < 1.29 is 9.53 Å². The number of H-pyrrole nitrogens is 1. The van der Waals surface area contributed by atoms with E-state index in [0.29, 0.717) is 29.8 Å². The summed E-state index contributed by atoms with van der Waals surface area (Å²) in [5, 5.41) is 0.573. The van der Waals surface area contributed by atoms with Crippen molar-refractivity contribution in [1.82, 2.24) is 14.9 Å². The van der Waals surface area contributed by atoms with Gasteiger partial charge in [0.25, 0.3) is 5.56 Å². The summed E-state index contributed by atoms with van der Waals surface area (Å²) in [6.45, 7) is 6.78. The average Bonchev–Trinajstić information content (AvgIpc) is 2.54. The van der Waals surface area contributed by atoms with Gasteiger partial charge in [-0.1, -0.05) is 15.9 Å². The van der Waals surface area contributed by atoms with E-state index in [1.165, 1.54) is 0 Å². The number of carbonyl (C=O) groups is 1. The third-order valence-corrected chi connectivity index (χ3v) is 4.71. The topological polar surface area (TPSA) is 75.3 Å². The van der Waals surface area contributed by atoms with Gasteiger partial charge < -0.3 is 14.6 Å². The molecule has 1 aromatic carbocycles. The van der Waals surface area contributed by atoms with E-state index < -0.39 is 5.60 Å². The number of benzene rings is 1. The van der Waals surface area contributed by atoms with Crippen LogP contribution in [0.2, 0.25) is 0 Å². The first-order valence-corrected chi connectivity index (χ1v) is 9.19. The zero-order valence-electron chi connectivity index (χ0n) is 14.6. The van der Waals surface area contributed by atoms with Crippen LogP contribution in [-0.4, -0.2) is 39.7 Å². The van der Waals surface area contributed by atoms with E-state index in [2.05, 4.69) is 25.9 Å². The van der Waals surface area contributed by atoms with Crippen LogP contribution in [0.4, 0.5) is 4.79 Å². The molecule has 0 spiro atoms. The van der Waals surface area contributed by atoms with Gasteiger partial charge in [0, 0.05) is 23.5 Å². The van der Waals surface area contributed by atoms with Crippen molar-refractivity contribution in [2.24, 2.45) is 0 Å². The summed E-state index contributed by atoms with van der Waals surface area (Å²) in [4.78, 5) is 33.7. The molecule has 1 fully saturated rings. The zero-order valence-corrected chi connectivity index (χ0v) is 16.2. The first-order valence-electron chi connectivity index (χ1n) is 8.40. The maximum absolute atomic E-state index is 12.3. The van der Waals surface area contributed by atoms with E-state index in [1.54, 1.807) is 11.0 Å². The lowest BCUT2D eigenvalue weighted by Gasteiger charge is -2.33. The highest BCUT2D eigenvalue weighted by atomic mass is 79.9. The van der Waals surface area contributed by atoms with Gasteiger partial charge in [-0.2, -0.15) is 0 Å². The minimum absolute atomic E-state index is 0.129. The van der Waals surface area contributed by atoms with Crippen molar-refractivity contribution >= 4 is 32.9 Å². The molecule has 1 N–H and O–H groups in total. The Morgan fingerprint density at radius 2 is 2.00 bits per heavy atom. The number of piperidine rings is 1. The quantitative estimate of drug-likeness (QED) is 0.779. The molecule has 0 atom stereocenters. The summed E-state index contributed by atoms with van der Waals surface area (Å²) in [5.41, 5.74) is 0.0697. The predicted molar refractivity (Wildman–Crippen MR) is 99.8 cm³/mol. The fraction of sp³-hybridized carbons (Fsp3) is 0.500. The summed E-state index contributed by atoms with van der Waals surface area (Å²) in [7, 11) is 0. The number of amides is 1. The largest absolute Gasteiger partial charge is 0.444 e. The van der Waals surface area contributed by atoms with Crippen LogP contribution in [0.1, 0.15) is 45.4 Å². The molecule has 134 valence electrons. The van der Waals surface area contributed by atoms with Crippen LogP contribution in [0, 0.1) is 0 Å². The normalized spacial score (nSPS) is 16.2. The lowest BCUT2D eigenvalue weighted by Crippen LogP contribution is -2.41. The number of aromatic amines is 1. The fourth-order valence-electron chi connectivity index (χ4n) is 2.98. The van der Waals surface area contributed by atoms with Gasteiger partial charge in [-0.25, -0.2) is 9.78 Å². The molecule has 0 bridgehead atoms. The third kappa shape index (κ3) is 4.21. The molecule has 1 saturated heterocycles. The average molecular weight is 408 g/mol. The smallest absolute Gasteiger partial charge is 0.410 e. The number of nitrogens with zero attached hydrogens (tertiary/aromatic N) is 2. The lowest BCUT2D eigenvalue weighted by molar-refractivity contribution is 0.0203. The summed E-state index contributed by atoms with van der Waals surface area (Å²) < 4.78 is 6.27. The van der Waals surface area contributed by atoms with E-state index >= 15 is 0 Å². The first kappa shape index (κ1) is 17.9. The number of hydrogen-bond acceptors (Lipinski definition) is 4. The van der Waals surface area contributed by atoms with Gasteiger partial charge in [-0.15, -0.1) is 0 Å². The molecule has 3 rings (SSSR count). The monoisotopic (exact) mass is 407 g/mol. The Labute approximate surface area is 154 Å². The number of aromatic nitrogens is 2. The number of hydrogen-bond donors (Lipinski definition) is 1. The predicted octanol–water partition coefficient (Wildman–Crippen LogP) is 3.80. The van der Waals surface area contributed by atoms with Crippen LogP contribution in [-0.2, 0) is 4.74 Å². The van der Waals surface area contributed by atoms with Gasteiger partial charge in [-0.3, -0.25) is 4.79 Å². The van der Waals surface area contributed by atoms with Gasteiger partial charge in [0.05, 0.1) is 10.9 Å². The van der Waals surface area contributed by atoms with Crippen molar-refractivity contribution in [3.8, 4) is 0 Å². The first-order chi connectivity index (χ1) is 11.7. The number of carbonyl (C=O) groups excluding carboxylic acids is 1. The molecule has 7 heteroatoms. The third-order valence-electron chi connectivity index (χ3n) is 4.22. The number of rotatable bonds is 1. The molecular weight excluding hydrogens is 386 g/mol. The van der Waals surface area contributed by atoms with E-state index in [1.807, 2.05) is 32.9 Å². The van der Waals surface area contributed by atoms with E-state index in [0.717, 1.165) is 17.3 Å². The molecule has 2 heterocycles.